The van der Waals surface area contributed by atoms with Gasteiger partial charge in [0.15, 0.2) is 0 Å². The fourth-order valence-electron chi connectivity index (χ4n) is 2.78. The molecule has 2 saturated heterocycles. The van der Waals surface area contributed by atoms with Crippen LogP contribution in [0.2, 0.25) is 0 Å². The summed E-state index contributed by atoms with van der Waals surface area (Å²) in [6, 6.07) is 2.04. The van der Waals surface area contributed by atoms with Crippen molar-refractivity contribution >= 4 is 29.0 Å². The molecule has 17 heavy (non-hydrogen) atoms. The molecule has 2 aliphatic rings. The Morgan fingerprint density at radius 3 is 2.82 bits per heavy atom. The van der Waals surface area contributed by atoms with Gasteiger partial charge in [0.1, 0.15) is 4.88 Å². The number of thiophene rings is 1. The zero-order valence-corrected chi connectivity index (χ0v) is 11.4. The molecule has 1 amide bonds. The summed E-state index contributed by atoms with van der Waals surface area (Å²) < 4.78 is 0. The van der Waals surface area contributed by atoms with Gasteiger partial charge in [-0.25, -0.2) is 0 Å². The molecule has 5 heteroatoms. The van der Waals surface area contributed by atoms with Crippen molar-refractivity contribution in [2.24, 2.45) is 11.8 Å². The number of fused-ring (bicyclic) bond motifs is 1. The van der Waals surface area contributed by atoms with E-state index in [4.69, 9.17) is 0 Å². The van der Waals surface area contributed by atoms with Gasteiger partial charge >= 0.3 is 0 Å². The van der Waals surface area contributed by atoms with Crippen molar-refractivity contribution in [3.05, 3.63) is 16.3 Å². The highest BCUT2D eigenvalue weighted by Crippen LogP contribution is 2.31. The summed E-state index contributed by atoms with van der Waals surface area (Å²) in [5.74, 6) is 1.59. The molecule has 0 spiro atoms. The zero-order chi connectivity index (χ0) is 11.8. The van der Waals surface area contributed by atoms with Gasteiger partial charge in [-0.1, -0.05) is 0 Å². The maximum atomic E-state index is 12.4. The molecule has 0 unspecified atom stereocenters. The Balaban J connectivity index is 1.75. The minimum atomic E-state index is 0.235. The van der Waals surface area contributed by atoms with Crippen molar-refractivity contribution in [2.45, 2.75) is 4.90 Å². The predicted octanol–water partition coefficient (Wildman–Crippen LogP) is 1.76. The summed E-state index contributed by atoms with van der Waals surface area (Å²) in [6.07, 6.45) is 2.03. The van der Waals surface area contributed by atoms with E-state index in [1.165, 1.54) is 0 Å². The largest absolute Gasteiger partial charge is 0.337 e. The number of carbonyl (C=O) groups excluding carboxylic acids is 1. The molecule has 0 aliphatic carbocycles. The van der Waals surface area contributed by atoms with Crippen LogP contribution in [0.4, 0.5) is 0 Å². The van der Waals surface area contributed by atoms with Crippen molar-refractivity contribution in [1.82, 2.24) is 10.2 Å². The lowest BCUT2D eigenvalue weighted by Crippen LogP contribution is -2.31. The summed E-state index contributed by atoms with van der Waals surface area (Å²) in [6.45, 7) is 4.02. The lowest BCUT2D eigenvalue weighted by molar-refractivity contribution is 0.0783. The molecule has 0 saturated carbocycles. The van der Waals surface area contributed by atoms with E-state index < -0.39 is 0 Å². The van der Waals surface area contributed by atoms with E-state index in [0.717, 1.165) is 36.0 Å². The van der Waals surface area contributed by atoms with Gasteiger partial charge in [0.25, 0.3) is 5.91 Å². The second kappa shape index (κ2) is 4.63. The minimum Gasteiger partial charge on any atom is -0.337 e. The van der Waals surface area contributed by atoms with Crippen molar-refractivity contribution in [2.75, 3.05) is 32.4 Å². The molecule has 0 aromatic carbocycles. The molecule has 2 atom stereocenters. The quantitative estimate of drug-likeness (QED) is 0.830. The Labute approximate surface area is 110 Å². The van der Waals surface area contributed by atoms with Gasteiger partial charge in [0, 0.05) is 31.1 Å². The number of hydrogen-bond acceptors (Lipinski definition) is 4. The van der Waals surface area contributed by atoms with Crippen molar-refractivity contribution in [1.29, 1.82) is 0 Å². The average molecular weight is 268 g/mol. The van der Waals surface area contributed by atoms with E-state index in [-0.39, 0.29) is 5.91 Å². The average Bonchev–Trinajstić information content (AvgIpc) is 3.02. The van der Waals surface area contributed by atoms with Gasteiger partial charge in [-0.05, 0) is 29.5 Å². The first kappa shape index (κ1) is 11.6. The van der Waals surface area contributed by atoms with Crippen molar-refractivity contribution in [3.63, 3.8) is 0 Å². The van der Waals surface area contributed by atoms with Gasteiger partial charge < -0.3 is 10.2 Å². The number of nitrogens with zero attached hydrogens (tertiary/aromatic N) is 1. The molecule has 0 radical (unpaired) electrons. The molecule has 92 valence electrons. The van der Waals surface area contributed by atoms with Crippen molar-refractivity contribution < 1.29 is 4.79 Å². The number of amides is 1. The third-order valence-corrected chi connectivity index (χ3v) is 5.53. The Hall–Kier alpha value is -0.520. The Morgan fingerprint density at radius 1 is 1.47 bits per heavy atom. The normalized spacial score (nSPS) is 27.5. The van der Waals surface area contributed by atoms with Crippen LogP contribution in [0.25, 0.3) is 0 Å². The predicted molar refractivity (Wildman–Crippen MR) is 71.9 cm³/mol. The van der Waals surface area contributed by atoms with Crippen LogP contribution in [0.5, 0.6) is 0 Å². The summed E-state index contributed by atoms with van der Waals surface area (Å²) in [5, 5.41) is 5.41. The molecule has 1 aromatic heterocycles. The Bertz CT molecular complexity index is 420. The molecule has 3 rings (SSSR count). The van der Waals surface area contributed by atoms with Crippen LogP contribution in [-0.4, -0.2) is 43.2 Å². The SMILES string of the molecule is CSc1ccsc1C(=O)N1C[C@H]2CNC[C@H]2C1. The molecule has 2 aliphatic heterocycles. The molecular weight excluding hydrogens is 252 g/mol. The molecule has 1 N–H and O–H groups in total. The molecule has 0 bridgehead atoms. The number of likely N-dealkylation sites (tertiary alicyclic amines) is 1. The first-order valence-electron chi connectivity index (χ1n) is 5.91. The van der Waals surface area contributed by atoms with E-state index in [0.29, 0.717) is 11.8 Å². The Morgan fingerprint density at radius 2 is 2.18 bits per heavy atom. The number of carbonyl (C=O) groups is 1. The van der Waals surface area contributed by atoms with Gasteiger partial charge in [-0.3, -0.25) is 4.79 Å². The molecule has 3 heterocycles. The number of nitrogens with one attached hydrogen (secondary N) is 1. The third kappa shape index (κ3) is 2.00. The maximum absolute atomic E-state index is 12.4. The second-order valence-corrected chi connectivity index (χ2v) is 6.47. The third-order valence-electron chi connectivity index (χ3n) is 3.72. The fraction of sp³-hybridized carbons (Fsp3) is 0.583. The molecular formula is C12H16N2OS2. The maximum Gasteiger partial charge on any atom is 0.265 e. The lowest BCUT2D eigenvalue weighted by Gasteiger charge is -2.17. The van der Waals surface area contributed by atoms with Crippen LogP contribution < -0.4 is 5.32 Å². The number of thioether (sulfide) groups is 1. The lowest BCUT2D eigenvalue weighted by atomic mass is 10.0. The van der Waals surface area contributed by atoms with Crippen molar-refractivity contribution in [3.8, 4) is 0 Å². The number of rotatable bonds is 2. The van der Waals surface area contributed by atoms with E-state index >= 15 is 0 Å². The highest BCUT2D eigenvalue weighted by molar-refractivity contribution is 7.98. The van der Waals surface area contributed by atoms with Gasteiger partial charge in [-0.2, -0.15) is 0 Å². The van der Waals surface area contributed by atoms with Crippen LogP contribution >= 0.6 is 23.1 Å². The minimum absolute atomic E-state index is 0.235. The zero-order valence-electron chi connectivity index (χ0n) is 9.81. The van der Waals surface area contributed by atoms with E-state index in [2.05, 4.69) is 5.32 Å². The van der Waals surface area contributed by atoms with Crippen LogP contribution in [0.1, 0.15) is 9.67 Å². The molecule has 2 fully saturated rings. The highest BCUT2D eigenvalue weighted by atomic mass is 32.2. The summed E-state index contributed by atoms with van der Waals surface area (Å²) in [5.41, 5.74) is 0. The standard InChI is InChI=1S/C12H16N2OS2/c1-16-10-2-3-17-11(10)12(15)14-6-8-4-13-5-9(8)7-14/h2-3,8-9,13H,4-7H2,1H3/t8-,9+. The number of hydrogen-bond donors (Lipinski definition) is 1. The summed E-state index contributed by atoms with van der Waals surface area (Å²) >= 11 is 3.23. The molecule has 1 aromatic rings. The monoisotopic (exact) mass is 268 g/mol. The van der Waals surface area contributed by atoms with Crippen LogP contribution in [0.3, 0.4) is 0 Å². The summed E-state index contributed by atoms with van der Waals surface area (Å²) in [7, 11) is 0. The first-order valence-corrected chi connectivity index (χ1v) is 8.01. The van der Waals surface area contributed by atoms with E-state index in [1.807, 2.05) is 22.6 Å². The topological polar surface area (TPSA) is 32.3 Å². The van der Waals surface area contributed by atoms with Crippen LogP contribution in [0.15, 0.2) is 16.3 Å². The first-order chi connectivity index (χ1) is 8.29. The second-order valence-electron chi connectivity index (χ2n) is 4.71. The Kier molecular flexibility index (Phi) is 3.15. The van der Waals surface area contributed by atoms with E-state index in [9.17, 15) is 4.79 Å². The highest BCUT2D eigenvalue weighted by Gasteiger charge is 2.38. The van der Waals surface area contributed by atoms with E-state index in [1.54, 1.807) is 23.1 Å². The van der Waals surface area contributed by atoms with Crippen LogP contribution in [-0.2, 0) is 0 Å². The van der Waals surface area contributed by atoms with Gasteiger partial charge in [0.2, 0.25) is 0 Å². The van der Waals surface area contributed by atoms with Crippen LogP contribution in [0, 0.1) is 11.8 Å². The fourth-order valence-corrected chi connectivity index (χ4v) is 4.49. The molecule has 3 nitrogen and oxygen atoms in total. The smallest absolute Gasteiger partial charge is 0.265 e. The van der Waals surface area contributed by atoms with Gasteiger partial charge in [-0.15, -0.1) is 23.1 Å². The van der Waals surface area contributed by atoms with Gasteiger partial charge in [0.05, 0.1) is 0 Å². The summed E-state index contributed by atoms with van der Waals surface area (Å²) in [4.78, 5) is 16.5.